The van der Waals surface area contributed by atoms with Crippen molar-refractivity contribution in [2.45, 2.75) is 6.92 Å². The van der Waals surface area contributed by atoms with Crippen LogP contribution in [-0.4, -0.2) is 24.4 Å². The first-order valence-electron chi connectivity index (χ1n) is 8.23. The number of benzene rings is 2. The Bertz CT molecular complexity index is 856. The number of hydrogen-bond acceptors (Lipinski definition) is 4. The van der Waals surface area contributed by atoms with E-state index in [1.165, 1.54) is 19.1 Å². The molecule has 2 aromatic rings. The van der Waals surface area contributed by atoms with Crippen molar-refractivity contribution >= 4 is 29.5 Å². The molecule has 6 heteroatoms. The molecule has 138 valence electrons. The predicted molar refractivity (Wildman–Crippen MR) is 104 cm³/mol. The van der Waals surface area contributed by atoms with Gasteiger partial charge in [0.2, 0.25) is 5.91 Å². The second kappa shape index (κ2) is 9.72. The quantitative estimate of drug-likeness (QED) is 0.449. The number of esters is 1. The fourth-order valence-electron chi connectivity index (χ4n) is 2.18. The zero-order valence-corrected chi connectivity index (χ0v) is 14.9. The standard InChI is InChI=1S/C21H20N2O4/c1-3-13-27-21(26)19(14-16-7-5-4-6-8-16)23-20(25)17-9-11-18(12-10-17)22-15(2)24/h3-12,14H,1,13H2,2H3,(H,22,24)(H,23,25)/b19-14+. The van der Waals surface area contributed by atoms with Crippen molar-refractivity contribution in [3.05, 3.63) is 84.1 Å². The normalized spacial score (nSPS) is 10.6. The average Bonchev–Trinajstić information content (AvgIpc) is 2.66. The minimum Gasteiger partial charge on any atom is -0.457 e. The Morgan fingerprint density at radius 1 is 1.04 bits per heavy atom. The average molecular weight is 364 g/mol. The molecule has 2 rings (SSSR count). The summed E-state index contributed by atoms with van der Waals surface area (Å²) in [6.07, 6.45) is 2.98. The molecule has 27 heavy (non-hydrogen) atoms. The minimum absolute atomic E-state index is 0.0130. The van der Waals surface area contributed by atoms with E-state index in [1.807, 2.05) is 18.2 Å². The summed E-state index contributed by atoms with van der Waals surface area (Å²) in [6, 6.07) is 15.4. The number of carbonyl (C=O) groups excluding carboxylic acids is 3. The van der Waals surface area contributed by atoms with Gasteiger partial charge in [-0.3, -0.25) is 9.59 Å². The fraction of sp³-hybridized carbons (Fsp3) is 0.0952. The zero-order valence-electron chi connectivity index (χ0n) is 14.9. The van der Waals surface area contributed by atoms with Gasteiger partial charge in [0.25, 0.3) is 5.91 Å². The van der Waals surface area contributed by atoms with Crippen molar-refractivity contribution < 1.29 is 19.1 Å². The van der Waals surface area contributed by atoms with Crippen LogP contribution in [0.25, 0.3) is 6.08 Å². The van der Waals surface area contributed by atoms with Gasteiger partial charge in [0, 0.05) is 18.2 Å². The molecule has 0 heterocycles. The lowest BCUT2D eigenvalue weighted by atomic mass is 10.1. The molecule has 0 unspecified atom stereocenters. The van der Waals surface area contributed by atoms with Crippen LogP contribution >= 0.6 is 0 Å². The summed E-state index contributed by atoms with van der Waals surface area (Å²) in [6.45, 7) is 4.93. The molecule has 0 aliphatic rings. The van der Waals surface area contributed by atoms with E-state index in [9.17, 15) is 14.4 Å². The molecular formula is C21H20N2O4. The lowest BCUT2D eigenvalue weighted by Gasteiger charge is -2.10. The number of ether oxygens (including phenoxy) is 1. The van der Waals surface area contributed by atoms with Gasteiger partial charge in [-0.25, -0.2) is 4.79 Å². The Balaban J connectivity index is 2.19. The van der Waals surface area contributed by atoms with E-state index < -0.39 is 11.9 Å². The summed E-state index contributed by atoms with van der Waals surface area (Å²) < 4.78 is 5.04. The fourth-order valence-corrected chi connectivity index (χ4v) is 2.18. The molecule has 0 aliphatic carbocycles. The molecular weight excluding hydrogens is 344 g/mol. The smallest absolute Gasteiger partial charge is 0.355 e. The number of anilines is 1. The number of nitrogens with one attached hydrogen (secondary N) is 2. The second-order valence-electron chi connectivity index (χ2n) is 5.57. The topological polar surface area (TPSA) is 84.5 Å². The van der Waals surface area contributed by atoms with Crippen LogP contribution in [-0.2, 0) is 14.3 Å². The van der Waals surface area contributed by atoms with Crippen molar-refractivity contribution in [2.75, 3.05) is 11.9 Å². The van der Waals surface area contributed by atoms with Crippen LogP contribution in [0.1, 0.15) is 22.8 Å². The van der Waals surface area contributed by atoms with Crippen molar-refractivity contribution in [1.29, 1.82) is 0 Å². The lowest BCUT2D eigenvalue weighted by molar-refractivity contribution is -0.138. The maximum Gasteiger partial charge on any atom is 0.355 e. The van der Waals surface area contributed by atoms with Crippen LogP contribution in [0.2, 0.25) is 0 Å². The Kier molecular flexibility index (Phi) is 7.07. The van der Waals surface area contributed by atoms with Crippen LogP contribution in [0.5, 0.6) is 0 Å². The molecule has 0 aromatic heterocycles. The SMILES string of the molecule is C=CCOC(=O)/C(=C\c1ccccc1)NC(=O)c1ccc(NC(C)=O)cc1. The lowest BCUT2D eigenvalue weighted by Crippen LogP contribution is -2.28. The summed E-state index contributed by atoms with van der Waals surface area (Å²) in [5, 5.41) is 5.20. The Morgan fingerprint density at radius 3 is 2.30 bits per heavy atom. The molecule has 0 fully saturated rings. The first-order chi connectivity index (χ1) is 13.0. The summed E-state index contributed by atoms with van der Waals surface area (Å²) >= 11 is 0. The number of amides is 2. The number of hydrogen-bond donors (Lipinski definition) is 2. The number of rotatable bonds is 7. The third-order valence-electron chi connectivity index (χ3n) is 3.38. The van der Waals surface area contributed by atoms with Crippen LogP contribution in [0.15, 0.2) is 72.9 Å². The van der Waals surface area contributed by atoms with E-state index in [2.05, 4.69) is 17.2 Å². The second-order valence-corrected chi connectivity index (χ2v) is 5.57. The van der Waals surface area contributed by atoms with Crippen molar-refractivity contribution in [2.24, 2.45) is 0 Å². The Morgan fingerprint density at radius 2 is 1.70 bits per heavy atom. The van der Waals surface area contributed by atoms with Gasteiger partial charge >= 0.3 is 5.97 Å². The summed E-state index contributed by atoms with van der Waals surface area (Å²) in [5.74, 6) is -1.34. The highest BCUT2D eigenvalue weighted by Gasteiger charge is 2.16. The van der Waals surface area contributed by atoms with E-state index in [1.54, 1.807) is 36.4 Å². The van der Waals surface area contributed by atoms with Gasteiger partial charge in [0.05, 0.1) is 0 Å². The molecule has 0 spiro atoms. The molecule has 2 N–H and O–H groups in total. The third kappa shape index (κ3) is 6.28. The molecule has 6 nitrogen and oxygen atoms in total. The monoisotopic (exact) mass is 364 g/mol. The first kappa shape index (κ1) is 19.7. The summed E-state index contributed by atoms with van der Waals surface area (Å²) in [4.78, 5) is 35.8. The van der Waals surface area contributed by atoms with Crippen molar-refractivity contribution in [1.82, 2.24) is 5.32 Å². The van der Waals surface area contributed by atoms with Gasteiger partial charge in [-0.1, -0.05) is 43.0 Å². The van der Waals surface area contributed by atoms with Gasteiger partial charge < -0.3 is 15.4 Å². The van der Waals surface area contributed by atoms with Gasteiger partial charge in [-0.05, 0) is 35.9 Å². The van der Waals surface area contributed by atoms with Crippen molar-refractivity contribution in [3.8, 4) is 0 Å². The largest absolute Gasteiger partial charge is 0.457 e. The van der Waals surface area contributed by atoms with Crippen LogP contribution in [0.4, 0.5) is 5.69 Å². The van der Waals surface area contributed by atoms with Gasteiger partial charge in [-0.15, -0.1) is 0 Å². The highest BCUT2D eigenvalue weighted by Crippen LogP contribution is 2.11. The molecule has 0 aliphatic heterocycles. The molecule has 0 saturated heterocycles. The van der Waals surface area contributed by atoms with Crippen LogP contribution in [0, 0.1) is 0 Å². The van der Waals surface area contributed by atoms with E-state index in [0.29, 0.717) is 11.3 Å². The number of carbonyl (C=O) groups is 3. The maximum atomic E-state index is 12.5. The molecule has 0 saturated carbocycles. The van der Waals surface area contributed by atoms with Crippen LogP contribution < -0.4 is 10.6 Å². The molecule has 0 radical (unpaired) electrons. The van der Waals surface area contributed by atoms with Gasteiger partial charge in [-0.2, -0.15) is 0 Å². The Labute approximate surface area is 157 Å². The van der Waals surface area contributed by atoms with Gasteiger partial charge in [0.1, 0.15) is 12.3 Å². The minimum atomic E-state index is -0.665. The summed E-state index contributed by atoms with van der Waals surface area (Å²) in [5.41, 5.74) is 1.66. The summed E-state index contributed by atoms with van der Waals surface area (Å²) in [7, 11) is 0. The van der Waals surface area contributed by atoms with Crippen LogP contribution in [0.3, 0.4) is 0 Å². The molecule has 0 atom stereocenters. The molecule has 2 amide bonds. The predicted octanol–water partition coefficient (Wildman–Crippen LogP) is 3.15. The molecule has 2 aromatic carbocycles. The highest BCUT2D eigenvalue weighted by molar-refractivity contribution is 6.03. The zero-order chi connectivity index (χ0) is 19.6. The highest BCUT2D eigenvalue weighted by atomic mass is 16.5. The Hall–Kier alpha value is -3.67. The van der Waals surface area contributed by atoms with Crippen molar-refractivity contribution in [3.63, 3.8) is 0 Å². The van der Waals surface area contributed by atoms with E-state index in [0.717, 1.165) is 5.56 Å². The van der Waals surface area contributed by atoms with Gasteiger partial charge in [0.15, 0.2) is 0 Å². The third-order valence-corrected chi connectivity index (χ3v) is 3.38. The first-order valence-corrected chi connectivity index (χ1v) is 8.23. The maximum absolute atomic E-state index is 12.5. The van der Waals surface area contributed by atoms with E-state index >= 15 is 0 Å². The van der Waals surface area contributed by atoms with E-state index in [4.69, 9.17) is 4.74 Å². The van der Waals surface area contributed by atoms with E-state index in [-0.39, 0.29) is 18.2 Å². The molecule has 0 bridgehead atoms.